The highest BCUT2D eigenvalue weighted by Gasteiger charge is 2.18. The van der Waals surface area contributed by atoms with Gasteiger partial charge >= 0.3 is 0 Å². The van der Waals surface area contributed by atoms with Crippen LogP contribution >= 0.6 is 0 Å². The van der Waals surface area contributed by atoms with E-state index in [1.165, 1.54) is 4.31 Å². The lowest BCUT2D eigenvalue weighted by Gasteiger charge is -2.23. The van der Waals surface area contributed by atoms with Gasteiger partial charge in [0.25, 0.3) is 0 Å². The van der Waals surface area contributed by atoms with Crippen LogP contribution in [0.15, 0.2) is 48.5 Å². The molecule has 1 N–H and O–H groups in total. The van der Waals surface area contributed by atoms with Gasteiger partial charge in [0.2, 0.25) is 15.9 Å². The molecular formula is C22H30N2O5S. The summed E-state index contributed by atoms with van der Waals surface area (Å²) in [6.45, 7) is 2.22. The number of hydrogen-bond donors (Lipinski definition) is 1. The zero-order valence-electron chi connectivity index (χ0n) is 17.9. The summed E-state index contributed by atoms with van der Waals surface area (Å²) in [5, 5.41) is 3.02. The van der Waals surface area contributed by atoms with Crippen LogP contribution in [0.25, 0.3) is 0 Å². The number of sulfonamides is 1. The molecule has 0 heterocycles. The molecule has 1 atom stereocenters. The minimum atomic E-state index is -3.46. The number of amides is 1. The fraction of sp³-hybridized carbons (Fsp3) is 0.409. The van der Waals surface area contributed by atoms with Gasteiger partial charge in [-0.05, 0) is 54.8 Å². The van der Waals surface area contributed by atoms with Gasteiger partial charge in [-0.2, -0.15) is 0 Å². The van der Waals surface area contributed by atoms with Crippen LogP contribution in [0.5, 0.6) is 11.5 Å². The Labute approximate surface area is 179 Å². The second-order valence-corrected chi connectivity index (χ2v) is 8.85. The van der Waals surface area contributed by atoms with Gasteiger partial charge in [0.05, 0.1) is 32.2 Å². The van der Waals surface area contributed by atoms with E-state index < -0.39 is 10.0 Å². The first-order chi connectivity index (χ1) is 14.3. The normalized spacial score (nSPS) is 12.1. The Balaban J connectivity index is 1.95. The number of nitrogens with one attached hydrogen (secondary N) is 1. The van der Waals surface area contributed by atoms with Crippen molar-refractivity contribution in [1.29, 1.82) is 0 Å². The van der Waals surface area contributed by atoms with Crippen LogP contribution in [-0.2, 0) is 14.8 Å². The molecule has 0 aromatic heterocycles. The zero-order valence-corrected chi connectivity index (χ0v) is 18.7. The molecule has 0 aliphatic carbocycles. The molecule has 0 radical (unpaired) electrons. The Morgan fingerprint density at radius 3 is 2.00 bits per heavy atom. The standard InChI is InChI=1S/C22H30N2O5S/c1-5-21(17-8-12-19(28-2)13-9-17)23-22(25)7-6-16-24(30(4,26)27)18-10-14-20(29-3)15-11-18/h8-15,21H,5-7,16H2,1-4H3,(H,23,25)/t21-/m1/s1. The fourth-order valence-electron chi connectivity index (χ4n) is 3.14. The Morgan fingerprint density at radius 2 is 1.53 bits per heavy atom. The maximum atomic E-state index is 12.4. The first-order valence-electron chi connectivity index (χ1n) is 9.83. The van der Waals surface area contributed by atoms with Crippen molar-refractivity contribution in [3.63, 3.8) is 0 Å². The highest BCUT2D eigenvalue weighted by Crippen LogP contribution is 2.23. The molecule has 0 spiro atoms. The van der Waals surface area contributed by atoms with Crippen molar-refractivity contribution < 1.29 is 22.7 Å². The topological polar surface area (TPSA) is 84.9 Å². The number of methoxy groups -OCH3 is 2. The summed E-state index contributed by atoms with van der Waals surface area (Å²) in [7, 11) is -0.300. The van der Waals surface area contributed by atoms with E-state index in [-0.39, 0.29) is 24.9 Å². The summed E-state index contributed by atoms with van der Waals surface area (Å²) in [5.41, 5.74) is 1.55. The van der Waals surface area contributed by atoms with Crippen molar-refractivity contribution in [3.05, 3.63) is 54.1 Å². The van der Waals surface area contributed by atoms with E-state index >= 15 is 0 Å². The van der Waals surface area contributed by atoms with Gasteiger partial charge in [-0.25, -0.2) is 8.42 Å². The average Bonchev–Trinajstić information content (AvgIpc) is 2.74. The maximum absolute atomic E-state index is 12.4. The number of carbonyl (C=O) groups is 1. The molecule has 1 amide bonds. The van der Waals surface area contributed by atoms with Crippen molar-refractivity contribution in [2.75, 3.05) is 31.3 Å². The smallest absolute Gasteiger partial charge is 0.232 e. The van der Waals surface area contributed by atoms with Crippen molar-refractivity contribution in [2.45, 2.75) is 32.2 Å². The van der Waals surface area contributed by atoms with Crippen LogP contribution in [0.4, 0.5) is 5.69 Å². The van der Waals surface area contributed by atoms with Gasteiger partial charge < -0.3 is 14.8 Å². The van der Waals surface area contributed by atoms with Gasteiger partial charge in [-0.3, -0.25) is 9.10 Å². The van der Waals surface area contributed by atoms with E-state index in [2.05, 4.69) is 5.32 Å². The number of rotatable bonds is 11. The number of hydrogen-bond acceptors (Lipinski definition) is 5. The summed E-state index contributed by atoms with van der Waals surface area (Å²) >= 11 is 0. The third-order valence-electron chi connectivity index (χ3n) is 4.79. The molecule has 0 saturated heterocycles. The van der Waals surface area contributed by atoms with Gasteiger partial charge in [0.1, 0.15) is 11.5 Å². The SMILES string of the molecule is CC[C@@H](NC(=O)CCCN(c1ccc(OC)cc1)S(C)(=O)=O)c1ccc(OC)cc1. The highest BCUT2D eigenvalue weighted by molar-refractivity contribution is 7.92. The fourth-order valence-corrected chi connectivity index (χ4v) is 4.11. The molecule has 8 heteroatoms. The molecule has 2 aromatic rings. The summed E-state index contributed by atoms with van der Waals surface area (Å²) in [4.78, 5) is 12.4. The monoisotopic (exact) mass is 434 g/mol. The maximum Gasteiger partial charge on any atom is 0.232 e. The van der Waals surface area contributed by atoms with E-state index in [9.17, 15) is 13.2 Å². The van der Waals surface area contributed by atoms with Crippen LogP contribution in [0.2, 0.25) is 0 Å². The summed E-state index contributed by atoms with van der Waals surface area (Å²) in [6.07, 6.45) is 2.55. The molecule has 7 nitrogen and oxygen atoms in total. The average molecular weight is 435 g/mol. The largest absolute Gasteiger partial charge is 0.497 e. The minimum absolute atomic E-state index is 0.101. The second kappa shape index (κ2) is 10.9. The summed E-state index contributed by atoms with van der Waals surface area (Å²) in [5.74, 6) is 1.30. The predicted molar refractivity (Wildman–Crippen MR) is 119 cm³/mol. The molecule has 2 aromatic carbocycles. The van der Waals surface area contributed by atoms with E-state index in [1.807, 2.05) is 31.2 Å². The molecule has 0 aliphatic heterocycles. The van der Waals surface area contributed by atoms with E-state index in [4.69, 9.17) is 9.47 Å². The minimum Gasteiger partial charge on any atom is -0.497 e. The summed E-state index contributed by atoms with van der Waals surface area (Å²) in [6, 6.07) is 14.3. The molecule has 0 bridgehead atoms. The molecule has 0 unspecified atom stereocenters. The number of benzene rings is 2. The number of carbonyl (C=O) groups excluding carboxylic acids is 1. The van der Waals surface area contributed by atoms with Gasteiger partial charge in [0, 0.05) is 13.0 Å². The van der Waals surface area contributed by atoms with E-state index in [1.54, 1.807) is 38.5 Å². The van der Waals surface area contributed by atoms with Crippen molar-refractivity contribution in [3.8, 4) is 11.5 Å². The lowest BCUT2D eigenvalue weighted by molar-refractivity contribution is -0.121. The number of nitrogens with zero attached hydrogens (tertiary/aromatic N) is 1. The summed E-state index contributed by atoms with van der Waals surface area (Å²) < 4.78 is 36.0. The van der Waals surface area contributed by atoms with Crippen molar-refractivity contribution in [1.82, 2.24) is 5.32 Å². The van der Waals surface area contributed by atoms with Gasteiger partial charge in [-0.15, -0.1) is 0 Å². The first-order valence-corrected chi connectivity index (χ1v) is 11.7. The van der Waals surface area contributed by atoms with Crippen molar-refractivity contribution >= 4 is 21.6 Å². The first kappa shape index (κ1) is 23.5. The van der Waals surface area contributed by atoms with Gasteiger partial charge in [-0.1, -0.05) is 19.1 Å². The molecular weight excluding hydrogens is 404 g/mol. The second-order valence-electron chi connectivity index (χ2n) is 6.94. The molecule has 0 aliphatic rings. The van der Waals surface area contributed by atoms with E-state index in [0.717, 1.165) is 24.0 Å². The van der Waals surface area contributed by atoms with Gasteiger partial charge in [0.15, 0.2) is 0 Å². The lowest BCUT2D eigenvalue weighted by atomic mass is 10.0. The Kier molecular flexibility index (Phi) is 8.53. The zero-order chi connectivity index (χ0) is 22.1. The number of anilines is 1. The Hall–Kier alpha value is -2.74. The molecule has 30 heavy (non-hydrogen) atoms. The van der Waals surface area contributed by atoms with E-state index in [0.29, 0.717) is 17.9 Å². The quantitative estimate of drug-likeness (QED) is 0.585. The molecule has 164 valence electrons. The highest BCUT2D eigenvalue weighted by atomic mass is 32.2. The van der Waals surface area contributed by atoms with Crippen molar-refractivity contribution in [2.24, 2.45) is 0 Å². The molecule has 0 saturated carbocycles. The molecule has 2 rings (SSSR count). The Morgan fingerprint density at radius 1 is 1.00 bits per heavy atom. The lowest BCUT2D eigenvalue weighted by Crippen LogP contribution is -2.33. The van der Waals surface area contributed by atoms with Crippen LogP contribution in [0.3, 0.4) is 0 Å². The third kappa shape index (κ3) is 6.66. The molecule has 0 fully saturated rings. The van der Waals surface area contributed by atoms with Crippen LogP contribution in [0, 0.1) is 0 Å². The third-order valence-corrected chi connectivity index (χ3v) is 5.98. The predicted octanol–water partition coefficient (Wildman–Crippen LogP) is 3.52. The number of ether oxygens (including phenoxy) is 2. The Bertz CT molecular complexity index is 912. The van der Waals surface area contributed by atoms with Crippen LogP contribution in [-0.4, -0.2) is 41.3 Å². The van der Waals surface area contributed by atoms with Crippen LogP contribution in [0.1, 0.15) is 37.8 Å². The van der Waals surface area contributed by atoms with Crippen LogP contribution < -0.4 is 19.1 Å².